The van der Waals surface area contributed by atoms with Crippen LogP contribution < -0.4 is 5.32 Å². The molecule has 23 heavy (non-hydrogen) atoms. The van der Waals surface area contributed by atoms with Crippen LogP contribution in [0, 0.1) is 6.92 Å². The molecular formula is C20H19NO2. The number of benzene rings is 3. The summed E-state index contributed by atoms with van der Waals surface area (Å²) in [5, 5.41) is 5.18. The van der Waals surface area contributed by atoms with Gasteiger partial charge in [-0.3, -0.25) is 4.79 Å². The van der Waals surface area contributed by atoms with Crippen LogP contribution in [-0.2, 0) is 16.1 Å². The molecule has 116 valence electrons. The molecule has 0 unspecified atom stereocenters. The van der Waals surface area contributed by atoms with E-state index >= 15 is 0 Å². The van der Waals surface area contributed by atoms with E-state index < -0.39 is 0 Å². The number of hydrogen-bond acceptors (Lipinski definition) is 2. The van der Waals surface area contributed by atoms with E-state index in [-0.39, 0.29) is 12.5 Å². The first-order chi connectivity index (χ1) is 11.2. The van der Waals surface area contributed by atoms with Crippen LogP contribution >= 0.6 is 0 Å². The lowest BCUT2D eigenvalue weighted by atomic mass is 10.1. The molecule has 0 aliphatic carbocycles. The molecule has 3 aromatic carbocycles. The molecule has 3 nitrogen and oxygen atoms in total. The lowest BCUT2D eigenvalue weighted by Gasteiger charge is -2.09. The maximum atomic E-state index is 11.9. The maximum Gasteiger partial charge on any atom is 0.250 e. The van der Waals surface area contributed by atoms with E-state index in [1.54, 1.807) is 0 Å². The quantitative estimate of drug-likeness (QED) is 0.763. The molecule has 0 atom stereocenters. The highest BCUT2D eigenvalue weighted by molar-refractivity contribution is 5.91. The van der Waals surface area contributed by atoms with Crippen molar-refractivity contribution in [2.75, 3.05) is 11.9 Å². The van der Waals surface area contributed by atoms with E-state index in [4.69, 9.17) is 4.74 Å². The van der Waals surface area contributed by atoms with Gasteiger partial charge < -0.3 is 10.1 Å². The van der Waals surface area contributed by atoms with Gasteiger partial charge in [-0.05, 0) is 41.0 Å². The van der Waals surface area contributed by atoms with Crippen molar-refractivity contribution in [2.24, 2.45) is 0 Å². The highest BCUT2D eigenvalue weighted by atomic mass is 16.5. The normalized spacial score (nSPS) is 10.7. The molecule has 0 aliphatic heterocycles. The number of fused-ring (bicyclic) bond motifs is 1. The fourth-order valence-corrected chi connectivity index (χ4v) is 2.59. The zero-order chi connectivity index (χ0) is 16.1. The van der Waals surface area contributed by atoms with Crippen LogP contribution in [0.15, 0.2) is 66.7 Å². The van der Waals surface area contributed by atoms with Crippen molar-refractivity contribution in [2.45, 2.75) is 13.5 Å². The van der Waals surface area contributed by atoms with Gasteiger partial charge in [0.25, 0.3) is 0 Å². The third kappa shape index (κ3) is 3.96. The van der Waals surface area contributed by atoms with Crippen molar-refractivity contribution in [3.8, 4) is 0 Å². The summed E-state index contributed by atoms with van der Waals surface area (Å²) >= 11 is 0. The monoisotopic (exact) mass is 305 g/mol. The fraction of sp³-hybridized carbons (Fsp3) is 0.150. The summed E-state index contributed by atoms with van der Waals surface area (Å²) in [5.41, 5.74) is 3.00. The van der Waals surface area contributed by atoms with E-state index in [9.17, 15) is 4.79 Å². The molecule has 0 bridgehead atoms. The van der Waals surface area contributed by atoms with Crippen molar-refractivity contribution in [1.29, 1.82) is 0 Å². The number of hydrogen-bond donors (Lipinski definition) is 1. The predicted molar refractivity (Wildman–Crippen MR) is 93.4 cm³/mol. The van der Waals surface area contributed by atoms with E-state index in [1.807, 2.05) is 55.5 Å². The van der Waals surface area contributed by atoms with Gasteiger partial charge in [0.15, 0.2) is 0 Å². The number of rotatable bonds is 5. The molecule has 0 heterocycles. The van der Waals surface area contributed by atoms with E-state index in [1.165, 1.54) is 5.39 Å². The van der Waals surface area contributed by atoms with E-state index in [2.05, 4.69) is 23.5 Å². The summed E-state index contributed by atoms with van der Waals surface area (Å²) in [5.74, 6) is -0.143. The van der Waals surface area contributed by atoms with Crippen LogP contribution in [0.25, 0.3) is 10.8 Å². The van der Waals surface area contributed by atoms with Crippen LogP contribution in [0.3, 0.4) is 0 Å². The Kier molecular flexibility index (Phi) is 4.69. The average molecular weight is 305 g/mol. The Hall–Kier alpha value is -2.65. The van der Waals surface area contributed by atoms with Gasteiger partial charge in [0.2, 0.25) is 5.91 Å². The first kappa shape index (κ1) is 15.3. The maximum absolute atomic E-state index is 11.9. The standard InChI is InChI=1S/C20H19NO2/c1-15-6-4-10-18(12-15)21-20(22)14-23-13-17-9-5-8-16-7-2-3-11-19(16)17/h2-12H,13-14H2,1H3,(H,21,22). The Morgan fingerprint density at radius 2 is 1.78 bits per heavy atom. The molecule has 0 aromatic heterocycles. The third-order valence-corrected chi connectivity index (χ3v) is 3.67. The number of anilines is 1. The van der Waals surface area contributed by atoms with Crippen LogP contribution in [0.5, 0.6) is 0 Å². The van der Waals surface area contributed by atoms with E-state index in [0.29, 0.717) is 6.61 Å². The van der Waals surface area contributed by atoms with Crippen molar-refractivity contribution in [3.63, 3.8) is 0 Å². The fourth-order valence-electron chi connectivity index (χ4n) is 2.59. The van der Waals surface area contributed by atoms with Crippen LogP contribution in [-0.4, -0.2) is 12.5 Å². The van der Waals surface area contributed by atoms with Gasteiger partial charge >= 0.3 is 0 Å². The Morgan fingerprint density at radius 3 is 2.65 bits per heavy atom. The molecule has 3 heteroatoms. The SMILES string of the molecule is Cc1cccc(NC(=O)COCc2cccc3ccccc23)c1. The minimum atomic E-state index is -0.143. The Bertz CT molecular complexity index is 821. The molecule has 1 amide bonds. The third-order valence-electron chi connectivity index (χ3n) is 3.67. The first-order valence-corrected chi connectivity index (χ1v) is 7.63. The van der Waals surface area contributed by atoms with Crippen molar-refractivity contribution in [3.05, 3.63) is 77.9 Å². The number of nitrogens with one attached hydrogen (secondary N) is 1. The predicted octanol–water partition coefficient (Wildman–Crippen LogP) is 4.30. The topological polar surface area (TPSA) is 38.3 Å². The molecule has 0 radical (unpaired) electrons. The molecule has 0 fully saturated rings. The number of ether oxygens (including phenoxy) is 1. The lowest BCUT2D eigenvalue weighted by molar-refractivity contribution is -0.121. The number of carbonyl (C=O) groups is 1. The lowest BCUT2D eigenvalue weighted by Crippen LogP contribution is -2.18. The minimum absolute atomic E-state index is 0.0389. The highest BCUT2D eigenvalue weighted by Gasteiger charge is 2.05. The Labute approximate surface area is 135 Å². The number of carbonyl (C=O) groups excluding carboxylic acids is 1. The van der Waals surface area contributed by atoms with Gasteiger partial charge in [0.05, 0.1) is 6.61 Å². The summed E-state index contributed by atoms with van der Waals surface area (Å²) < 4.78 is 5.58. The summed E-state index contributed by atoms with van der Waals surface area (Å²) in [6.45, 7) is 2.45. The van der Waals surface area contributed by atoms with Gasteiger partial charge in [0, 0.05) is 5.69 Å². The molecular weight excluding hydrogens is 286 g/mol. The molecule has 0 saturated carbocycles. The Balaban J connectivity index is 1.57. The minimum Gasteiger partial charge on any atom is -0.367 e. The van der Waals surface area contributed by atoms with Gasteiger partial charge in [-0.2, -0.15) is 0 Å². The van der Waals surface area contributed by atoms with Crippen molar-refractivity contribution < 1.29 is 9.53 Å². The molecule has 1 N–H and O–H groups in total. The second-order valence-corrected chi connectivity index (χ2v) is 5.55. The van der Waals surface area contributed by atoms with Crippen molar-refractivity contribution in [1.82, 2.24) is 0 Å². The molecule has 0 saturated heterocycles. The average Bonchev–Trinajstić information content (AvgIpc) is 2.55. The molecule has 0 aliphatic rings. The summed E-state index contributed by atoms with van der Waals surface area (Å²) in [4.78, 5) is 11.9. The second-order valence-electron chi connectivity index (χ2n) is 5.55. The summed E-state index contributed by atoms with van der Waals surface area (Å²) in [7, 11) is 0. The van der Waals surface area contributed by atoms with Crippen LogP contribution in [0.2, 0.25) is 0 Å². The van der Waals surface area contributed by atoms with Gasteiger partial charge in [-0.1, -0.05) is 54.6 Å². The van der Waals surface area contributed by atoms with Crippen LogP contribution in [0.4, 0.5) is 5.69 Å². The smallest absolute Gasteiger partial charge is 0.250 e. The summed E-state index contributed by atoms with van der Waals surface area (Å²) in [6.07, 6.45) is 0. The highest BCUT2D eigenvalue weighted by Crippen LogP contribution is 2.19. The molecule has 0 spiro atoms. The number of aryl methyl sites for hydroxylation is 1. The van der Waals surface area contributed by atoms with Gasteiger partial charge in [-0.25, -0.2) is 0 Å². The first-order valence-electron chi connectivity index (χ1n) is 7.63. The molecule has 3 rings (SSSR count). The van der Waals surface area contributed by atoms with Gasteiger partial charge in [-0.15, -0.1) is 0 Å². The Morgan fingerprint density at radius 1 is 1.00 bits per heavy atom. The molecule has 3 aromatic rings. The second kappa shape index (κ2) is 7.07. The van der Waals surface area contributed by atoms with Crippen molar-refractivity contribution >= 4 is 22.4 Å². The van der Waals surface area contributed by atoms with Crippen LogP contribution in [0.1, 0.15) is 11.1 Å². The zero-order valence-corrected chi connectivity index (χ0v) is 13.1. The zero-order valence-electron chi connectivity index (χ0n) is 13.1. The number of amides is 1. The van der Waals surface area contributed by atoms with Gasteiger partial charge in [0.1, 0.15) is 6.61 Å². The van der Waals surface area contributed by atoms with E-state index in [0.717, 1.165) is 22.2 Å². The summed E-state index contributed by atoms with van der Waals surface area (Å²) in [6, 6.07) is 22.0. The largest absolute Gasteiger partial charge is 0.367 e.